The molecule has 1 aromatic rings. The normalized spacial score (nSPS) is 17.9. The molecule has 0 unspecified atom stereocenters. The molecule has 1 aliphatic rings. The van der Waals surface area contributed by atoms with Crippen molar-refractivity contribution in [2.45, 2.75) is 51.1 Å². The number of nitriles is 1. The van der Waals surface area contributed by atoms with Crippen LogP contribution in [-0.4, -0.2) is 18.0 Å². The molecule has 1 aromatic carbocycles. The number of hydrogen-bond acceptors (Lipinski definition) is 3. The number of nitrogens with one attached hydrogen (secondary N) is 2. The lowest BCUT2D eigenvalue weighted by molar-refractivity contribution is -0.121. The third-order valence-corrected chi connectivity index (χ3v) is 4.36. The van der Waals surface area contributed by atoms with Crippen LogP contribution >= 0.6 is 0 Å². The van der Waals surface area contributed by atoms with Crippen molar-refractivity contribution in [3.63, 3.8) is 0 Å². The molecule has 4 heteroatoms. The minimum atomic E-state index is -0.640. The third-order valence-electron chi connectivity index (χ3n) is 4.36. The summed E-state index contributed by atoms with van der Waals surface area (Å²) in [6, 6.07) is 12.6. The van der Waals surface area contributed by atoms with Crippen molar-refractivity contribution >= 4 is 5.91 Å². The maximum atomic E-state index is 12.2. The number of rotatable bonds is 6. The van der Waals surface area contributed by atoms with Gasteiger partial charge in [-0.1, -0.05) is 44.2 Å². The first-order chi connectivity index (χ1) is 10.6. The quantitative estimate of drug-likeness (QED) is 0.849. The third kappa shape index (κ3) is 4.08. The van der Waals surface area contributed by atoms with Gasteiger partial charge in [-0.15, -0.1) is 0 Å². The largest absolute Gasteiger partial charge is 0.337 e. The van der Waals surface area contributed by atoms with Gasteiger partial charge in [0.15, 0.2) is 0 Å². The van der Waals surface area contributed by atoms with Gasteiger partial charge in [0.25, 0.3) is 0 Å². The first-order valence-corrected chi connectivity index (χ1v) is 8.07. The highest BCUT2D eigenvalue weighted by atomic mass is 16.2. The monoisotopic (exact) mass is 299 g/mol. The lowest BCUT2D eigenvalue weighted by atomic mass is 9.96. The Labute approximate surface area is 132 Å². The molecule has 0 saturated heterocycles. The molecule has 0 radical (unpaired) electrons. The lowest BCUT2D eigenvalue weighted by Gasteiger charge is -2.25. The molecule has 4 nitrogen and oxygen atoms in total. The van der Waals surface area contributed by atoms with Crippen LogP contribution < -0.4 is 10.6 Å². The molecule has 22 heavy (non-hydrogen) atoms. The Balaban J connectivity index is 1.93. The summed E-state index contributed by atoms with van der Waals surface area (Å²) in [5, 5.41) is 15.6. The first kappa shape index (κ1) is 16.5. The number of benzene rings is 1. The van der Waals surface area contributed by atoms with Gasteiger partial charge in [-0.05, 0) is 37.2 Å². The van der Waals surface area contributed by atoms with Crippen LogP contribution in [0.4, 0.5) is 0 Å². The fourth-order valence-corrected chi connectivity index (χ4v) is 3.16. The highest BCUT2D eigenvalue weighted by Crippen LogP contribution is 2.28. The van der Waals surface area contributed by atoms with Gasteiger partial charge in [0, 0.05) is 6.04 Å². The molecular weight excluding hydrogens is 274 g/mol. The van der Waals surface area contributed by atoms with Crippen molar-refractivity contribution in [2.75, 3.05) is 6.54 Å². The molecule has 1 saturated carbocycles. The number of hydrogen-bond donors (Lipinski definition) is 2. The van der Waals surface area contributed by atoms with Crippen molar-refractivity contribution in [1.29, 1.82) is 5.26 Å². The number of carbonyl (C=O) groups is 1. The number of carbonyl (C=O) groups excluding carboxylic acids is 1. The second-order valence-electron chi connectivity index (χ2n) is 6.46. The summed E-state index contributed by atoms with van der Waals surface area (Å²) in [6.07, 6.45) is 3.56. The molecule has 1 fully saturated rings. The summed E-state index contributed by atoms with van der Waals surface area (Å²) in [5.74, 6) is 0.289. The lowest BCUT2D eigenvalue weighted by Crippen LogP contribution is -2.48. The standard InChI is InChI=1S/C18H25N3O/c1-14(2)17(15-8-4-3-5-9-15)20-12-16(22)21-18(13-19)10-6-7-11-18/h3-5,8-9,14,17,20H,6-7,10-12H2,1-2H3,(H,21,22)/t17-/m0/s1. The van der Waals surface area contributed by atoms with Crippen LogP contribution in [0.2, 0.25) is 0 Å². The van der Waals surface area contributed by atoms with Crippen LogP contribution in [0.25, 0.3) is 0 Å². The van der Waals surface area contributed by atoms with E-state index in [4.69, 9.17) is 0 Å². The SMILES string of the molecule is CC(C)[C@H](NCC(=O)NC1(C#N)CCCC1)c1ccccc1. The average Bonchev–Trinajstić information content (AvgIpc) is 2.97. The maximum Gasteiger partial charge on any atom is 0.235 e. The Morgan fingerprint density at radius 1 is 1.27 bits per heavy atom. The Morgan fingerprint density at radius 3 is 2.45 bits per heavy atom. The van der Waals surface area contributed by atoms with E-state index in [9.17, 15) is 10.1 Å². The van der Waals surface area contributed by atoms with Gasteiger partial charge in [0.2, 0.25) is 5.91 Å². The first-order valence-electron chi connectivity index (χ1n) is 8.07. The Morgan fingerprint density at radius 2 is 1.91 bits per heavy atom. The summed E-state index contributed by atoms with van der Waals surface area (Å²) in [4.78, 5) is 12.2. The highest BCUT2D eigenvalue weighted by molar-refractivity contribution is 5.79. The molecule has 2 N–H and O–H groups in total. The second-order valence-corrected chi connectivity index (χ2v) is 6.46. The van der Waals surface area contributed by atoms with Crippen molar-refractivity contribution in [1.82, 2.24) is 10.6 Å². The molecule has 0 bridgehead atoms. The van der Waals surface area contributed by atoms with E-state index in [2.05, 4.69) is 42.7 Å². The average molecular weight is 299 g/mol. The predicted molar refractivity (Wildman–Crippen MR) is 87.0 cm³/mol. The van der Waals surface area contributed by atoms with Crippen LogP contribution in [0.1, 0.15) is 51.1 Å². The highest BCUT2D eigenvalue weighted by Gasteiger charge is 2.35. The fraction of sp³-hybridized carbons (Fsp3) is 0.556. The maximum absolute atomic E-state index is 12.2. The van der Waals surface area contributed by atoms with E-state index in [0.717, 1.165) is 25.7 Å². The van der Waals surface area contributed by atoms with Crippen molar-refractivity contribution in [2.24, 2.45) is 5.92 Å². The second kappa shape index (κ2) is 7.42. The topological polar surface area (TPSA) is 64.9 Å². The van der Waals surface area contributed by atoms with Crippen molar-refractivity contribution < 1.29 is 4.79 Å². The van der Waals surface area contributed by atoms with Crippen molar-refractivity contribution in [3.05, 3.63) is 35.9 Å². The molecule has 0 heterocycles. The van der Waals surface area contributed by atoms with Crippen LogP contribution in [0.5, 0.6) is 0 Å². The van der Waals surface area contributed by atoms with Gasteiger partial charge in [-0.2, -0.15) is 5.26 Å². The molecule has 0 aromatic heterocycles. The van der Waals surface area contributed by atoms with Crippen LogP contribution in [0, 0.1) is 17.2 Å². The Hall–Kier alpha value is -1.86. The van der Waals surface area contributed by atoms with Gasteiger partial charge in [-0.25, -0.2) is 0 Å². The van der Waals surface area contributed by atoms with Crippen LogP contribution in [0.15, 0.2) is 30.3 Å². The van der Waals surface area contributed by atoms with E-state index in [-0.39, 0.29) is 18.5 Å². The van der Waals surface area contributed by atoms with E-state index < -0.39 is 5.54 Å². The van der Waals surface area contributed by atoms with Gasteiger partial charge in [0.05, 0.1) is 12.6 Å². The molecule has 0 aliphatic heterocycles. The summed E-state index contributed by atoms with van der Waals surface area (Å²) < 4.78 is 0. The van der Waals surface area contributed by atoms with Gasteiger partial charge < -0.3 is 10.6 Å². The predicted octanol–water partition coefficient (Wildman–Crippen LogP) is 2.93. The Bertz CT molecular complexity index is 527. The summed E-state index contributed by atoms with van der Waals surface area (Å²) in [5.41, 5.74) is 0.542. The van der Waals surface area contributed by atoms with E-state index in [1.54, 1.807) is 0 Å². The molecule has 2 rings (SSSR count). The van der Waals surface area contributed by atoms with Gasteiger partial charge in [0.1, 0.15) is 5.54 Å². The fourth-order valence-electron chi connectivity index (χ4n) is 3.16. The molecule has 1 atom stereocenters. The molecular formula is C18H25N3O. The van der Waals surface area contributed by atoms with Crippen LogP contribution in [-0.2, 0) is 4.79 Å². The van der Waals surface area contributed by atoms with E-state index in [0.29, 0.717) is 5.92 Å². The minimum Gasteiger partial charge on any atom is -0.337 e. The molecule has 1 amide bonds. The Kier molecular flexibility index (Phi) is 5.57. The molecule has 118 valence electrons. The van der Waals surface area contributed by atoms with E-state index in [1.165, 1.54) is 5.56 Å². The van der Waals surface area contributed by atoms with E-state index in [1.807, 2.05) is 18.2 Å². The summed E-state index contributed by atoms with van der Waals surface area (Å²) in [6.45, 7) is 4.51. The van der Waals surface area contributed by atoms with E-state index >= 15 is 0 Å². The summed E-state index contributed by atoms with van der Waals surface area (Å²) >= 11 is 0. The zero-order chi connectivity index (χ0) is 16.0. The summed E-state index contributed by atoms with van der Waals surface area (Å²) in [7, 11) is 0. The minimum absolute atomic E-state index is 0.0926. The smallest absolute Gasteiger partial charge is 0.235 e. The molecule has 1 aliphatic carbocycles. The van der Waals surface area contributed by atoms with Gasteiger partial charge in [-0.3, -0.25) is 4.79 Å². The number of nitrogens with zero attached hydrogens (tertiary/aromatic N) is 1. The zero-order valence-electron chi connectivity index (χ0n) is 13.4. The molecule has 0 spiro atoms. The van der Waals surface area contributed by atoms with Gasteiger partial charge >= 0.3 is 0 Å². The number of amides is 1. The van der Waals surface area contributed by atoms with Crippen LogP contribution in [0.3, 0.4) is 0 Å². The van der Waals surface area contributed by atoms with Crippen molar-refractivity contribution in [3.8, 4) is 6.07 Å². The zero-order valence-corrected chi connectivity index (χ0v) is 13.4.